The van der Waals surface area contributed by atoms with Crippen LogP contribution >= 0.6 is 15.9 Å². The third-order valence-electron chi connectivity index (χ3n) is 2.67. The molecule has 106 valence electrons. The van der Waals surface area contributed by atoms with Crippen molar-refractivity contribution < 1.29 is 9.53 Å². The zero-order chi connectivity index (χ0) is 14.3. The van der Waals surface area contributed by atoms with Crippen molar-refractivity contribution in [2.24, 2.45) is 5.73 Å². The van der Waals surface area contributed by atoms with Crippen molar-refractivity contribution in [3.05, 3.63) is 28.2 Å². The number of carbonyl (C=O) groups excluding carboxylic acids is 1. The Hall–Kier alpha value is -1.07. The van der Waals surface area contributed by atoms with E-state index in [2.05, 4.69) is 28.2 Å². The third kappa shape index (κ3) is 5.61. The third-order valence-corrected chi connectivity index (χ3v) is 3.17. The highest BCUT2D eigenvalue weighted by molar-refractivity contribution is 9.10. The quantitative estimate of drug-likeness (QED) is 0.756. The molecule has 0 saturated heterocycles. The van der Waals surface area contributed by atoms with E-state index in [0.717, 1.165) is 22.9 Å². The Morgan fingerprint density at radius 1 is 1.53 bits per heavy atom. The molecule has 1 aromatic rings. The highest BCUT2D eigenvalue weighted by atomic mass is 79.9. The normalized spacial score (nSPS) is 12.0. The van der Waals surface area contributed by atoms with Gasteiger partial charge in [0.25, 0.3) is 5.91 Å². The number of rotatable bonds is 7. The number of unbranched alkanes of at least 4 members (excludes halogenated alkanes) is 1. The number of ether oxygens (including phenoxy) is 1. The van der Waals surface area contributed by atoms with Crippen molar-refractivity contribution in [3.63, 3.8) is 0 Å². The van der Waals surface area contributed by atoms with Crippen LogP contribution in [0, 0.1) is 0 Å². The standard InChI is InChI=1S/C14H21BrN2O2/c1-3-4-7-17-14(18)9-19-13-6-5-11(15)8-12(13)10(2)16/h5-6,8,10H,3-4,7,9,16H2,1-2H3,(H,17,18)/t10-/m1/s1. The van der Waals surface area contributed by atoms with Crippen LogP contribution in [0.5, 0.6) is 5.75 Å². The molecule has 4 nitrogen and oxygen atoms in total. The molecule has 1 amide bonds. The smallest absolute Gasteiger partial charge is 0.257 e. The number of hydrogen-bond donors (Lipinski definition) is 2. The number of amides is 1. The maximum atomic E-state index is 11.6. The Morgan fingerprint density at radius 2 is 2.26 bits per heavy atom. The first-order valence-corrected chi connectivity index (χ1v) is 7.28. The Morgan fingerprint density at radius 3 is 2.89 bits per heavy atom. The second kappa shape index (κ2) is 8.17. The van der Waals surface area contributed by atoms with E-state index >= 15 is 0 Å². The molecule has 0 aliphatic rings. The first-order valence-electron chi connectivity index (χ1n) is 6.49. The highest BCUT2D eigenvalue weighted by Crippen LogP contribution is 2.27. The van der Waals surface area contributed by atoms with Crippen LogP contribution in [-0.4, -0.2) is 19.1 Å². The molecule has 0 aromatic heterocycles. The van der Waals surface area contributed by atoms with Gasteiger partial charge in [0.2, 0.25) is 0 Å². The summed E-state index contributed by atoms with van der Waals surface area (Å²) in [5.74, 6) is 0.552. The maximum absolute atomic E-state index is 11.6. The second-order valence-corrected chi connectivity index (χ2v) is 5.38. The molecule has 0 spiro atoms. The average Bonchev–Trinajstić information content (AvgIpc) is 2.37. The number of nitrogens with one attached hydrogen (secondary N) is 1. The summed E-state index contributed by atoms with van der Waals surface area (Å²) >= 11 is 3.40. The van der Waals surface area contributed by atoms with Gasteiger partial charge in [0.15, 0.2) is 6.61 Å². The van der Waals surface area contributed by atoms with Gasteiger partial charge in [-0.2, -0.15) is 0 Å². The first kappa shape index (κ1) is 16.0. The molecule has 0 aliphatic carbocycles. The SMILES string of the molecule is CCCCNC(=O)COc1ccc(Br)cc1[C@@H](C)N. The Labute approximate surface area is 122 Å². The summed E-state index contributed by atoms with van der Waals surface area (Å²) in [4.78, 5) is 11.6. The largest absolute Gasteiger partial charge is 0.483 e. The lowest BCUT2D eigenvalue weighted by molar-refractivity contribution is -0.123. The summed E-state index contributed by atoms with van der Waals surface area (Å²) in [5.41, 5.74) is 6.77. The van der Waals surface area contributed by atoms with Crippen LogP contribution in [0.4, 0.5) is 0 Å². The topological polar surface area (TPSA) is 64.3 Å². The zero-order valence-electron chi connectivity index (χ0n) is 11.4. The minimum Gasteiger partial charge on any atom is -0.483 e. The molecule has 0 heterocycles. The van der Waals surface area contributed by atoms with E-state index in [1.54, 1.807) is 0 Å². The molecular weight excluding hydrogens is 308 g/mol. The van der Waals surface area contributed by atoms with Crippen LogP contribution in [0.25, 0.3) is 0 Å². The van der Waals surface area contributed by atoms with E-state index < -0.39 is 0 Å². The lowest BCUT2D eigenvalue weighted by Gasteiger charge is -2.14. The molecule has 0 fully saturated rings. The van der Waals surface area contributed by atoms with E-state index in [1.165, 1.54) is 0 Å². The predicted molar refractivity (Wildman–Crippen MR) is 80.2 cm³/mol. The fourth-order valence-electron chi connectivity index (χ4n) is 1.61. The summed E-state index contributed by atoms with van der Waals surface area (Å²) in [7, 11) is 0. The molecule has 1 aromatic carbocycles. The summed E-state index contributed by atoms with van der Waals surface area (Å²) < 4.78 is 6.48. The van der Waals surface area contributed by atoms with Gasteiger partial charge in [0.05, 0.1) is 0 Å². The molecule has 0 aliphatic heterocycles. The van der Waals surface area contributed by atoms with E-state index in [0.29, 0.717) is 12.3 Å². The van der Waals surface area contributed by atoms with Gasteiger partial charge in [-0.25, -0.2) is 0 Å². The van der Waals surface area contributed by atoms with Gasteiger partial charge in [0, 0.05) is 22.6 Å². The van der Waals surface area contributed by atoms with Gasteiger partial charge in [-0.1, -0.05) is 29.3 Å². The number of hydrogen-bond acceptors (Lipinski definition) is 3. The zero-order valence-corrected chi connectivity index (χ0v) is 13.0. The molecule has 0 unspecified atom stereocenters. The van der Waals surface area contributed by atoms with Gasteiger partial charge in [-0.15, -0.1) is 0 Å². The van der Waals surface area contributed by atoms with Crippen LogP contribution in [0.1, 0.15) is 38.3 Å². The monoisotopic (exact) mass is 328 g/mol. The van der Waals surface area contributed by atoms with Crippen molar-refractivity contribution in [1.29, 1.82) is 0 Å². The average molecular weight is 329 g/mol. The lowest BCUT2D eigenvalue weighted by Crippen LogP contribution is -2.29. The van der Waals surface area contributed by atoms with Crippen molar-refractivity contribution in [3.8, 4) is 5.75 Å². The van der Waals surface area contributed by atoms with E-state index in [9.17, 15) is 4.79 Å². The molecule has 1 atom stereocenters. The Kier molecular flexibility index (Phi) is 6.87. The van der Waals surface area contributed by atoms with Gasteiger partial charge < -0.3 is 15.8 Å². The van der Waals surface area contributed by atoms with Crippen molar-refractivity contribution in [2.75, 3.05) is 13.2 Å². The molecule has 1 rings (SSSR count). The fraction of sp³-hybridized carbons (Fsp3) is 0.500. The molecular formula is C14H21BrN2O2. The number of benzene rings is 1. The van der Waals surface area contributed by atoms with Crippen LogP contribution in [0.2, 0.25) is 0 Å². The highest BCUT2D eigenvalue weighted by Gasteiger charge is 2.10. The van der Waals surface area contributed by atoms with Crippen LogP contribution in [0.3, 0.4) is 0 Å². The Bertz CT molecular complexity index is 422. The van der Waals surface area contributed by atoms with E-state index in [-0.39, 0.29) is 18.6 Å². The predicted octanol–water partition coefficient (Wildman–Crippen LogP) is 2.76. The van der Waals surface area contributed by atoms with Gasteiger partial charge in [0.1, 0.15) is 5.75 Å². The molecule has 19 heavy (non-hydrogen) atoms. The van der Waals surface area contributed by atoms with Crippen molar-refractivity contribution in [1.82, 2.24) is 5.32 Å². The maximum Gasteiger partial charge on any atom is 0.257 e. The lowest BCUT2D eigenvalue weighted by atomic mass is 10.1. The number of carbonyl (C=O) groups is 1. The number of halogens is 1. The molecule has 3 N–H and O–H groups in total. The summed E-state index contributed by atoms with van der Waals surface area (Å²) in [6, 6.07) is 5.46. The first-order chi connectivity index (χ1) is 9.04. The van der Waals surface area contributed by atoms with Crippen molar-refractivity contribution >= 4 is 21.8 Å². The van der Waals surface area contributed by atoms with E-state index in [4.69, 9.17) is 10.5 Å². The minimum absolute atomic E-state index is 0.0189. The summed E-state index contributed by atoms with van der Waals surface area (Å²) in [6.07, 6.45) is 2.04. The molecule has 0 saturated carbocycles. The Balaban J connectivity index is 2.55. The molecule has 0 bridgehead atoms. The van der Waals surface area contributed by atoms with Crippen LogP contribution < -0.4 is 15.8 Å². The number of nitrogens with two attached hydrogens (primary N) is 1. The molecule has 0 radical (unpaired) electrons. The summed E-state index contributed by atoms with van der Waals surface area (Å²) in [6.45, 7) is 4.68. The van der Waals surface area contributed by atoms with Gasteiger partial charge in [-0.3, -0.25) is 4.79 Å². The van der Waals surface area contributed by atoms with Gasteiger partial charge in [-0.05, 0) is 31.5 Å². The second-order valence-electron chi connectivity index (χ2n) is 4.46. The minimum atomic E-state index is -0.143. The van der Waals surface area contributed by atoms with Crippen LogP contribution in [-0.2, 0) is 4.79 Å². The molecule has 5 heteroatoms. The van der Waals surface area contributed by atoms with Gasteiger partial charge >= 0.3 is 0 Å². The summed E-state index contributed by atoms with van der Waals surface area (Å²) in [5, 5.41) is 2.81. The van der Waals surface area contributed by atoms with Crippen molar-refractivity contribution in [2.45, 2.75) is 32.7 Å². The van der Waals surface area contributed by atoms with E-state index in [1.807, 2.05) is 25.1 Å². The van der Waals surface area contributed by atoms with Crippen LogP contribution in [0.15, 0.2) is 22.7 Å². The fourth-order valence-corrected chi connectivity index (χ4v) is 1.98.